The number of fused-ring (bicyclic) bond motifs is 2. The highest BCUT2D eigenvalue weighted by Crippen LogP contribution is 2.53. The quantitative estimate of drug-likeness (QED) is 0.723. The SMILES string of the molecule is O=C(NCC[C@H]1C2CN(C(=O)c3ccc(F)cc3)C[C@@H]21)c1cc2ccncc2o1. The van der Waals surface area contributed by atoms with E-state index in [1.807, 2.05) is 4.90 Å². The predicted octanol–water partition coefficient (Wildman–Crippen LogP) is 3.11. The van der Waals surface area contributed by atoms with E-state index in [1.165, 1.54) is 24.3 Å². The molecule has 2 fully saturated rings. The molecule has 1 saturated heterocycles. The van der Waals surface area contributed by atoms with Gasteiger partial charge in [0, 0.05) is 36.8 Å². The number of nitrogens with zero attached hydrogens (tertiary/aromatic N) is 2. The van der Waals surface area contributed by atoms with Crippen LogP contribution in [-0.2, 0) is 0 Å². The molecule has 0 bridgehead atoms. The van der Waals surface area contributed by atoms with Crippen molar-refractivity contribution in [1.82, 2.24) is 15.2 Å². The molecule has 3 heterocycles. The van der Waals surface area contributed by atoms with Crippen molar-refractivity contribution in [1.29, 1.82) is 0 Å². The topological polar surface area (TPSA) is 75.4 Å². The van der Waals surface area contributed by atoms with Crippen molar-refractivity contribution in [3.05, 3.63) is 65.9 Å². The lowest BCUT2D eigenvalue weighted by Gasteiger charge is -2.20. The van der Waals surface area contributed by atoms with Gasteiger partial charge in [0.15, 0.2) is 11.3 Å². The molecule has 1 saturated carbocycles. The van der Waals surface area contributed by atoms with E-state index in [2.05, 4.69) is 10.3 Å². The molecule has 5 rings (SSSR count). The van der Waals surface area contributed by atoms with Crippen LogP contribution >= 0.6 is 0 Å². The van der Waals surface area contributed by atoms with Crippen LogP contribution in [0.25, 0.3) is 11.0 Å². The molecule has 3 aromatic rings. The third-order valence-electron chi connectivity index (χ3n) is 6.06. The number of likely N-dealkylation sites (tertiary alicyclic amines) is 1. The van der Waals surface area contributed by atoms with Gasteiger partial charge in [-0.2, -0.15) is 0 Å². The Morgan fingerprint density at radius 2 is 1.93 bits per heavy atom. The standard InChI is InChI=1S/C22H20FN3O3/c23-15-3-1-13(2-4-15)22(28)26-11-17-16(18(17)12-26)6-8-25-21(27)19-9-14-5-7-24-10-20(14)29-19/h1-5,7,9-10,16-18H,6,8,11-12H2,(H,25,27)/t16-,17-,18?/m1/s1. The third-order valence-corrected chi connectivity index (χ3v) is 6.06. The van der Waals surface area contributed by atoms with E-state index in [9.17, 15) is 14.0 Å². The van der Waals surface area contributed by atoms with Crippen molar-refractivity contribution < 1.29 is 18.4 Å². The third kappa shape index (κ3) is 3.37. The molecule has 3 atom stereocenters. The monoisotopic (exact) mass is 393 g/mol. The van der Waals surface area contributed by atoms with Crippen LogP contribution in [0.1, 0.15) is 27.3 Å². The predicted molar refractivity (Wildman–Crippen MR) is 104 cm³/mol. The smallest absolute Gasteiger partial charge is 0.287 e. The molecule has 2 aliphatic rings. The number of carbonyl (C=O) groups is 2. The summed E-state index contributed by atoms with van der Waals surface area (Å²) >= 11 is 0. The minimum absolute atomic E-state index is 0.0383. The van der Waals surface area contributed by atoms with Crippen LogP contribution in [0.15, 0.2) is 53.2 Å². The highest BCUT2D eigenvalue weighted by Gasteiger charge is 2.55. The number of aromatic nitrogens is 1. The van der Waals surface area contributed by atoms with Crippen molar-refractivity contribution in [3.63, 3.8) is 0 Å². The van der Waals surface area contributed by atoms with Gasteiger partial charge in [-0.25, -0.2) is 4.39 Å². The van der Waals surface area contributed by atoms with Crippen molar-refractivity contribution in [2.24, 2.45) is 17.8 Å². The average molecular weight is 393 g/mol. The van der Waals surface area contributed by atoms with Gasteiger partial charge >= 0.3 is 0 Å². The minimum atomic E-state index is -0.341. The molecule has 7 heteroatoms. The molecule has 148 valence electrons. The van der Waals surface area contributed by atoms with Crippen LogP contribution in [0, 0.1) is 23.6 Å². The Labute approximate surface area is 166 Å². The minimum Gasteiger partial charge on any atom is -0.449 e. The van der Waals surface area contributed by atoms with Crippen LogP contribution in [-0.4, -0.2) is 41.3 Å². The highest BCUT2D eigenvalue weighted by molar-refractivity contribution is 5.96. The Balaban J connectivity index is 1.09. The molecule has 2 amide bonds. The first-order valence-electron chi connectivity index (χ1n) is 9.77. The zero-order chi connectivity index (χ0) is 20.0. The fourth-order valence-corrected chi connectivity index (χ4v) is 4.45. The zero-order valence-electron chi connectivity index (χ0n) is 15.7. The lowest BCUT2D eigenvalue weighted by atomic mass is 10.1. The first-order chi connectivity index (χ1) is 14.1. The van der Waals surface area contributed by atoms with Gasteiger partial charge in [0.2, 0.25) is 0 Å². The Bertz CT molecular complexity index is 1030. The van der Waals surface area contributed by atoms with Crippen LogP contribution in [0.5, 0.6) is 0 Å². The number of rotatable bonds is 5. The summed E-state index contributed by atoms with van der Waals surface area (Å²) in [6.07, 6.45) is 4.15. The summed E-state index contributed by atoms with van der Waals surface area (Å²) in [5.41, 5.74) is 1.12. The average Bonchev–Trinajstić information content (AvgIpc) is 3.10. The normalized spacial score (nSPS) is 22.5. The van der Waals surface area contributed by atoms with E-state index in [-0.39, 0.29) is 17.6 Å². The molecule has 0 spiro atoms. The number of hydrogen-bond donors (Lipinski definition) is 1. The molecule has 2 aromatic heterocycles. The summed E-state index contributed by atoms with van der Waals surface area (Å²) in [6.45, 7) is 2.05. The molecule has 0 radical (unpaired) electrons. The van der Waals surface area contributed by atoms with Crippen LogP contribution in [0.3, 0.4) is 0 Å². The number of piperidine rings is 1. The van der Waals surface area contributed by atoms with Crippen molar-refractivity contribution in [2.45, 2.75) is 6.42 Å². The lowest BCUT2D eigenvalue weighted by Crippen LogP contribution is -2.32. The van der Waals surface area contributed by atoms with E-state index in [1.54, 1.807) is 24.5 Å². The summed E-state index contributed by atoms with van der Waals surface area (Å²) in [7, 11) is 0. The summed E-state index contributed by atoms with van der Waals surface area (Å²) in [5, 5.41) is 3.77. The summed E-state index contributed by atoms with van der Waals surface area (Å²) in [5.74, 6) is 1.21. The van der Waals surface area contributed by atoms with E-state index in [0.717, 1.165) is 24.9 Å². The summed E-state index contributed by atoms with van der Waals surface area (Å²) in [6, 6.07) is 9.21. The van der Waals surface area contributed by atoms with E-state index < -0.39 is 0 Å². The first kappa shape index (κ1) is 17.8. The molecular formula is C22H20FN3O3. The Kier molecular flexibility index (Phi) is 4.30. The fourth-order valence-electron chi connectivity index (χ4n) is 4.45. The molecule has 1 unspecified atom stereocenters. The Hall–Kier alpha value is -3.22. The van der Waals surface area contributed by atoms with Gasteiger partial charge in [-0.05, 0) is 60.6 Å². The Morgan fingerprint density at radius 3 is 2.66 bits per heavy atom. The van der Waals surface area contributed by atoms with Crippen LogP contribution in [0.4, 0.5) is 4.39 Å². The number of benzene rings is 1. The molecule has 6 nitrogen and oxygen atoms in total. The fraction of sp³-hybridized carbons (Fsp3) is 0.318. The summed E-state index contributed by atoms with van der Waals surface area (Å²) in [4.78, 5) is 30.6. The maximum absolute atomic E-state index is 13.0. The molecule has 1 aromatic carbocycles. The van der Waals surface area contributed by atoms with E-state index in [4.69, 9.17) is 4.42 Å². The van der Waals surface area contributed by atoms with Gasteiger partial charge in [-0.15, -0.1) is 0 Å². The molecule has 1 N–H and O–H groups in total. The van der Waals surface area contributed by atoms with E-state index >= 15 is 0 Å². The lowest BCUT2D eigenvalue weighted by molar-refractivity contribution is 0.0767. The van der Waals surface area contributed by atoms with Crippen LogP contribution in [0.2, 0.25) is 0 Å². The van der Waals surface area contributed by atoms with Crippen molar-refractivity contribution >= 4 is 22.8 Å². The number of hydrogen-bond acceptors (Lipinski definition) is 4. The molecular weight excluding hydrogens is 373 g/mol. The maximum atomic E-state index is 13.0. The molecule has 1 aliphatic heterocycles. The van der Waals surface area contributed by atoms with Gasteiger partial charge in [0.1, 0.15) is 5.82 Å². The van der Waals surface area contributed by atoms with Crippen molar-refractivity contribution in [2.75, 3.05) is 19.6 Å². The largest absolute Gasteiger partial charge is 0.449 e. The first-order valence-corrected chi connectivity index (χ1v) is 9.77. The number of furan rings is 1. The van der Waals surface area contributed by atoms with E-state index in [0.29, 0.717) is 41.2 Å². The number of nitrogens with one attached hydrogen (secondary N) is 1. The molecule has 29 heavy (non-hydrogen) atoms. The zero-order valence-corrected chi connectivity index (χ0v) is 15.7. The second kappa shape index (κ2) is 6.99. The van der Waals surface area contributed by atoms with Crippen LogP contribution < -0.4 is 5.32 Å². The maximum Gasteiger partial charge on any atom is 0.287 e. The van der Waals surface area contributed by atoms with Gasteiger partial charge in [-0.1, -0.05) is 0 Å². The van der Waals surface area contributed by atoms with Gasteiger partial charge in [-0.3, -0.25) is 14.6 Å². The number of pyridine rings is 1. The second-order valence-electron chi connectivity index (χ2n) is 7.78. The second-order valence-corrected chi connectivity index (χ2v) is 7.78. The highest BCUT2D eigenvalue weighted by atomic mass is 19.1. The van der Waals surface area contributed by atoms with Gasteiger partial charge < -0.3 is 14.6 Å². The number of amides is 2. The Morgan fingerprint density at radius 1 is 1.17 bits per heavy atom. The van der Waals surface area contributed by atoms with Gasteiger partial charge in [0.25, 0.3) is 11.8 Å². The van der Waals surface area contributed by atoms with Gasteiger partial charge in [0.05, 0.1) is 6.20 Å². The summed E-state index contributed by atoms with van der Waals surface area (Å²) < 4.78 is 18.5. The number of carbonyl (C=O) groups excluding carboxylic acids is 2. The molecule has 1 aliphatic carbocycles. The number of halogens is 1. The van der Waals surface area contributed by atoms with Crippen molar-refractivity contribution in [3.8, 4) is 0 Å².